The fourth-order valence-corrected chi connectivity index (χ4v) is 0.910. The van der Waals surface area contributed by atoms with Crippen molar-refractivity contribution in [3.63, 3.8) is 0 Å². The molecule has 3 nitrogen and oxygen atoms in total. The third kappa shape index (κ3) is 6.16. The van der Waals surface area contributed by atoms with Crippen molar-refractivity contribution in [3.05, 3.63) is 0 Å². The number of nitrogens with one attached hydrogen (secondary N) is 1. The fraction of sp³-hybridized carbons (Fsp3) is 0.889. The lowest BCUT2D eigenvalue weighted by atomic mass is 10.3. The van der Waals surface area contributed by atoms with E-state index >= 15 is 0 Å². The van der Waals surface area contributed by atoms with Gasteiger partial charge in [0.2, 0.25) is 5.91 Å². The number of carbonyl (C=O) groups excluding carboxylic acids is 1. The zero-order valence-corrected chi connectivity index (χ0v) is 8.22. The molecule has 0 radical (unpaired) electrons. The van der Waals surface area contributed by atoms with Crippen molar-refractivity contribution < 1.29 is 9.53 Å². The van der Waals surface area contributed by atoms with Crippen LogP contribution in [0.5, 0.6) is 0 Å². The maximum atomic E-state index is 11.0. The molecule has 12 heavy (non-hydrogen) atoms. The highest BCUT2D eigenvalue weighted by Gasteiger charge is 2.04. The summed E-state index contributed by atoms with van der Waals surface area (Å²) in [6.07, 6.45) is 1.50. The van der Waals surface area contributed by atoms with Crippen molar-refractivity contribution in [3.8, 4) is 0 Å². The molecule has 1 atom stereocenters. The van der Waals surface area contributed by atoms with Crippen LogP contribution in [0.3, 0.4) is 0 Å². The summed E-state index contributed by atoms with van der Waals surface area (Å²) in [4.78, 5) is 11.0. The molecule has 0 saturated heterocycles. The van der Waals surface area contributed by atoms with Gasteiger partial charge in [-0.15, -0.1) is 0 Å². The minimum Gasteiger partial charge on any atom is -0.380 e. The first-order valence-corrected chi connectivity index (χ1v) is 4.57. The second-order valence-corrected chi connectivity index (χ2v) is 2.88. The molecule has 0 aromatic heterocycles. The molecule has 3 heteroatoms. The number of rotatable bonds is 6. The van der Waals surface area contributed by atoms with E-state index in [2.05, 4.69) is 5.32 Å². The lowest BCUT2D eigenvalue weighted by Crippen LogP contribution is -2.35. The van der Waals surface area contributed by atoms with Gasteiger partial charge >= 0.3 is 0 Å². The molecule has 0 rings (SSSR count). The maximum Gasteiger partial charge on any atom is 0.220 e. The van der Waals surface area contributed by atoms with Crippen molar-refractivity contribution in [2.24, 2.45) is 0 Å². The Morgan fingerprint density at radius 2 is 2.17 bits per heavy atom. The van der Waals surface area contributed by atoms with Crippen LogP contribution >= 0.6 is 0 Å². The highest BCUT2D eigenvalue weighted by Crippen LogP contribution is 1.89. The SMILES string of the molecule is CCCC(=O)NC(C)COCC. The average Bonchev–Trinajstić information content (AvgIpc) is 2.01. The summed E-state index contributed by atoms with van der Waals surface area (Å²) in [5.41, 5.74) is 0. The van der Waals surface area contributed by atoms with Crippen LogP contribution in [0.25, 0.3) is 0 Å². The van der Waals surface area contributed by atoms with Gasteiger partial charge in [-0.25, -0.2) is 0 Å². The molecular formula is C9H19NO2. The Hall–Kier alpha value is -0.570. The first kappa shape index (κ1) is 11.4. The van der Waals surface area contributed by atoms with Gasteiger partial charge in [-0.1, -0.05) is 6.92 Å². The van der Waals surface area contributed by atoms with Gasteiger partial charge < -0.3 is 10.1 Å². The third-order valence-corrected chi connectivity index (χ3v) is 1.46. The van der Waals surface area contributed by atoms with Crippen LogP contribution in [0.2, 0.25) is 0 Å². The van der Waals surface area contributed by atoms with Gasteiger partial charge in [0, 0.05) is 19.1 Å². The lowest BCUT2D eigenvalue weighted by molar-refractivity contribution is -0.122. The van der Waals surface area contributed by atoms with Gasteiger partial charge in [-0.3, -0.25) is 4.79 Å². The Morgan fingerprint density at radius 1 is 1.50 bits per heavy atom. The molecule has 72 valence electrons. The number of carbonyl (C=O) groups is 1. The molecular weight excluding hydrogens is 154 g/mol. The molecule has 0 aliphatic heterocycles. The van der Waals surface area contributed by atoms with Gasteiger partial charge in [0.05, 0.1) is 6.61 Å². The quantitative estimate of drug-likeness (QED) is 0.658. The highest BCUT2D eigenvalue weighted by molar-refractivity contribution is 5.76. The molecule has 1 N–H and O–H groups in total. The zero-order valence-electron chi connectivity index (χ0n) is 8.22. The summed E-state index contributed by atoms with van der Waals surface area (Å²) < 4.78 is 5.16. The summed E-state index contributed by atoms with van der Waals surface area (Å²) in [7, 11) is 0. The Kier molecular flexibility index (Phi) is 6.76. The summed E-state index contributed by atoms with van der Waals surface area (Å²) >= 11 is 0. The largest absolute Gasteiger partial charge is 0.380 e. The van der Waals surface area contributed by atoms with Gasteiger partial charge in [0.25, 0.3) is 0 Å². The molecule has 1 unspecified atom stereocenters. The van der Waals surface area contributed by atoms with Crippen molar-refractivity contribution in [2.75, 3.05) is 13.2 Å². The van der Waals surface area contributed by atoms with Gasteiger partial charge in [0.15, 0.2) is 0 Å². The van der Waals surface area contributed by atoms with E-state index in [1.807, 2.05) is 20.8 Å². The Bertz CT molecular complexity index is 126. The predicted molar refractivity (Wildman–Crippen MR) is 49.0 cm³/mol. The molecule has 0 aromatic rings. The fourth-order valence-electron chi connectivity index (χ4n) is 0.910. The third-order valence-electron chi connectivity index (χ3n) is 1.46. The van der Waals surface area contributed by atoms with Crippen LogP contribution in [-0.2, 0) is 9.53 Å². The standard InChI is InChI=1S/C9H19NO2/c1-4-6-9(11)10-8(3)7-12-5-2/h8H,4-7H2,1-3H3,(H,10,11). The van der Waals surface area contributed by atoms with E-state index in [-0.39, 0.29) is 11.9 Å². The second kappa shape index (κ2) is 7.10. The molecule has 1 amide bonds. The first-order chi connectivity index (χ1) is 5.70. The average molecular weight is 173 g/mol. The highest BCUT2D eigenvalue weighted by atomic mass is 16.5. The van der Waals surface area contributed by atoms with Crippen molar-refractivity contribution >= 4 is 5.91 Å². The maximum absolute atomic E-state index is 11.0. The van der Waals surface area contributed by atoms with Crippen LogP contribution in [-0.4, -0.2) is 25.2 Å². The number of ether oxygens (including phenoxy) is 1. The Labute approximate surface area is 74.5 Å². The van der Waals surface area contributed by atoms with Gasteiger partial charge in [0.1, 0.15) is 0 Å². The predicted octanol–water partition coefficient (Wildman–Crippen LogP) is 1.33. The van der Waals surface area contributed by atoms with E-state index in [1.54, 1.807) is 0 Å². The smallest absolute Gasteiger partial charge is 0.220 e. The van der Waals surface area contributed by atoms with Crippen molar-refractivity contribution in [2.45, 2.75) is 39.7 Å². The molecule has 0 fully saturated rings. The van der Waals surface area contributed by atoms with Crippen molar-refractivity contribution in [1.29, 1.82) is 0 Å². The van der Waals surface area contributed by atoms with Gasteiger partial charge in [-0.05, 0) is 20.3 Å². The minimum absolute atomic E-state index is 0.115. The minimum atomic E-state index is 0.115. The lowest BCUT2D eigenvalue weighted by Gasteiger charge is -2.12. The van der Waals surface area contributed by atoms with E-state index < -0.39 is 0 Å². The molecule has 0 bridgehead atoms. The van der Waals surface area contributed by atoms with Crippen LogP contribution < -0.4 is 5.32 Å². The summed E-state index contributed by atoms with van der Waals surface area (Å²) in [5, 5.41) is 2.85. The molecule has 0 spiro atoms. The van der Waals surface area contributed by atoms with E-state index in [0.29, 0.717) is 19.6 Å². The summed E-state index contributed by atoms with van der Waals surface area (Å²) in [5.74, 6) is 0.115. The van der Waals surface area contributed by atoms with E-state index in [0.717, 1.165) is 6.42 Å². The number of amides is 1. The van der Waals surface area contributed by atoms with Crippen molar-refractivity contribution in [1.82, 2.24) is 5.32 Å². The molecule has 0 aliphatic carbocycles. The first-order valence-electron chi connectivity index (χ1n) is 4.57. The Morgan fingerprint density at radius 3 is 2.67 bits per heavy atom. The second-order valence-electron chi connectivity index (χ2n) is 2.88. The van der Waals surface area contributed by atoms with E-state index in [9.17, 15) is 4.79 Å². The van der Waals surface area contributed by atoms with Crippen LogP contribution in [0.4, 0.5) is 0 Å². The zero-order chi connectivity index (χ0) is 9.40. The normalized spacial score (nSPS) is 12.6. The monoisotopic (exact) mass is 173 g/mol. The van der Waals surface area contributed by atoms with Gasteiger partial charge in [-0.2, -0.15) is 0 Å². The molecule has 0 aliphatic rings. The molecule has 0 saturated carbocycles. The topological polar surface area (TPSA) is 38.3 Å². The summed E-state index contributed by atoms with van der Waals surface area (Å²) in [6, 6.07) is 0.129. The van der Waals surface area contributed by atoms with E-state index in [1.165, 1.54) is 0 Å². The number of hydrogen-bond donors (Lipinski definition) is 1. The van der Waals surface area contributed by atoms with Crippen LogP contribution in [0, 0.1) is 0 Å². The summed E-state index contributed by atoms with van der Waals surface area (Å²) in [6.45, 7) is 7.19. The van der Waals surface area contributed by atoms with Crippen LogP contribution in [0.1, 0.15) is 33.6 Å². The number of hydrogen-bond acceptors (Lipinski definition) is 2. The van der Waals surface area contributed by atoms with Crippen LogP contribution in [0.15, 0.2) is 0 Å². The molecule has 0 heterocycles. The van der Waals surface area contributed by atoms with E-state index in [4.69, 9.17) is 4.74 Å². The molecule has 0 aromatic carbocycles. The Balaban J connectivity index is 3.40.